The van der Waals surface area contributed by atoms with Crippen LogP contribution in [0.25, 0.3) is 0 Å². The van der Waals surface area contributed by atoms with Crippen LogP contribution in [-0.2, 0) is 15.2 Å². The maximum Gasteiger partial charge on any atom is 1.00 e. The first-order valence-electron chi connectivity index (χ1n) is 10.7. The number of carboxylic acid groups (broad SMARTS) is 1. The molecular weight excluding hydrogens is 407 g/mol. The van der Waals surface area contributed by atoms with E-state index in [-0.39, 0.29) is 36.2 Å². The van der Waals surface area contributed by atoms with Crippen molar-refractivity contribution < 1.29 is 62.1 Å². The average molecular weight is 451 g/mol. The van der Waals surface area contributed by atoms with Crippen LogP contribution in [0.4, 0.5) is 0 Å². The summed E-state index contributed by atoms with van der Waals surface area (Å²) in [6.07, 6.45) is 20.2. The van der Waals surface area contributed by atoms with Gasteiger partial charge in [0.05, 0.1) is 0 Å². The van der Waals surface area contributed by atoms with Gasteiger partial charge in [0.2, 0.25) is 0 Å². The van der Waals surface area contributed by atoms with Gasteiger partial charge in [0.25, 0.3) is 0 Å². The van der Waals surface area contributed by atoms with Crippen LogP contribution in [0.15, 0.2) is 0 Å². The second kappa shape index (κ2) is 30.5. The molecule has 0 rings (SSSR count). The molecule has 0 aliphatic carbocycles. The fraction of sp³-hybridized carbons (Fsp3) is 0.950. The van der Waals surface area contributed by atoms with Crippen LogP contribution >= 0.6 is 0 Å². The third-order valence-electron chi connectivity index (χ3n) is 3.99. The van der Waals surface area contributed by atoms with Crippen molar-refractivity contribution in [1.29, 1.82) is 0 Å². The van der Waals surface area contributed by atoms with E-state index < -0.39 is 16.4 Å². The Morgan fingerprint density at radius 3 is 1.10 bits per heavy atom. The second-order valence-corrected chi connectivity index (χ2v) is 7.73. The zero-order valence-corrected chi connectivity index (χ0v) is 21.7. The Morgan fingerprint density at radius 2 is 0.897 bits per heavy atom. The topological polar surface area (TPSA) is 135 Å². The Labute approximate surface area is 200 Å². The maximum atomic E-state index is 10.3. The van der Waals surface area contributed by atoms with Crippen molar-refractivity contribution in [1.82, 2.24) is 0 Å². The summed E-state index contributed by atoms with van der Waals surface area (Å²) in [6, 6.07) is 0. The van der Waals surface area contributed by atoms with Crippen LogP contribution < -0.4 is 34.7 Å². The fourth-order valence-corrected chi connectivity index (χ4v) is 2.65. The zero-order chi connectivity index (χ0) is 22.1. The predicted molar refractivity (Wildman–Crippen MR) is 112 cm³/mol. The van der Waals surface area contributed by atoms with Gasteiger partial charge in [-0.15, -0.1) is 6.61 Å². The summed E-state index contributed by atoms with van der Waals surface area (Å²) in [6.45, 7) is 3.84. The molecule has 29 heavy (non-hydrogen) atoms. The quantitative estimate of drug-likeness (QED) is 0.186. The van der Waals surface area contributed by atoms with Crippen molar-refractivity contribution in [3.63, 3.8) is 0 Å². The Bertz CT molecular complexity index is 396. The van der Waals surface area contributed by atoms with Crippen molar-refractivity contribution in [3.8, 4) is 0 Å². The van der Waals surface area contributed by atoms with Gasteiger partial charge in [0.1, 0.15) is 0 Å². The molecule has 0 amide bonds. The number of hydrogen-bond donors (Lipinski definition) is 3. The van der Waals surface area contributed by atoms with Gasteiger partial charge >= 0.3 is 45.9 Å². The molecule has 0 aliphatic heterocycles. The maximum absolute atomic E-state index is 10.3. The van der Waals surface area contributed by atoms with Crippen molar-refractivity contribution in [3.05, 3.63) is 0 Å². The Hall–Kier alpha value is 0.300. The van der Waals surface area contributed by atoms with Gasteiger partial charge in [-0.1, -0.05) is 104 Å². The van der Waals surface area contributed by atoms with Crippen molar-refractivity contribution in [2.45, 2.75) is 117 Å². The summed E-state index contributed by atoms with van der Waals surface area (Å²) < 4.78 is 31.6. The minimum atomic E-state index is -4.67. The van der Waals surface area contributed by atoms with E-state index in [1.165, 1.54) is 83.5 Å². The molecule has 0 bridgehead atoms. The van der Waals surface area contributed by atoms with E-state index in [4.69, 9.17) is 27.7 Å². The van der Waals surface area contributed by atoms with Gasteiger partial charge in [-0.3, -0.25) is 13.9 Å². The molecule has 0 heterocycles. The van der Waals surface area contributed by atoms with Crippen LogP contribution in [0.3, 0.4) is 0 Å². The summed E-state index contributed by atoms with van der Waals surface area (Å²) in [5.41, 5.74) is 0. The molecule has 0 aliphatic rings. The van der Waals surface area contributed by atoms with E-state index in [1.54, 1.807) is 6.92 Å². The van der Waals surface area contributed by atoms with Gasteiger partial charge in [-0.2, -0.15) is 8.42 Å². The Kier molecular flexibility index (Phi) is 38.5. The monoisotopic (exact) mass is 450 g/mol. The SMILES string of the molecule is CCCCCCCCCCCCCCCCCC(=O)O.CC[O-].O=S(=O)(O)O.[Na+]. The molecule has 3 N–H and O–H groups in total. The van der Waals surface area contributed by atoms with E-state index in [2.05, 4.69) is 6.92 Å². The van der Waals surface area contributed by atoms with Crippen molar-refractivity contribution >= 4 is 16.4 Å². The first kappa shape index (κ1) is 36.7. The Balaban J connectivity index is -0.000000294. The molecule has 0 aromatic heterocycles. The molecule has 7 nitrogen and oxygen atoms in total. The summed E-state index contributed by atoms with van der Waals surface area (Å²) >= 11 is 0. The zero-order valence-electron chi connectivity index (χ0n) is 18.9. The largest absolute Gasteiger partial charge is 1.00 e. The summed E-state index contributed by atoms with van der Waals surface area (Å²) in [4.78, 5) is 10.3. The van der Waals surface area contributed by atoms with Crippen LogP contribution in [0.5, 0.6) is 0 Å². The molecule has 0 aromatic carbocycles. The average Bonchev–Trinajstić information content (AvgIpc) is 2.57. The van der Waals surface area contributed by atoms with Crippen LogP contribution in [0.1, 0.15) is 117 Å². The number of carbonyl (C=O) groups is 1. The second-order valence-electron chi connectivity index (χ2n) is 6.83. The summed E-state index contributed by atoms with van der Waals surface area (Å²) in [7, 11) is -4.67. The molecule has 0 aromatic rings. The van der Waals surface area contributed by atoms with Gasteiger partial charge < -0.3 is 10.2 Å². The molecule has 172 valence electrons. The molecule has 0 unspecified atom stereocenters. The van der Waals surface area contributed by atoms with Crippen molar-refractivity contribution in [2.75, 3.05) is 6.61 Å². The third kappa shape index (κ3) is 65.4. The predicted octanol–water partition coefficient (Wildman–Crippen LogP) is 2.05. The third-order valence-corrected chi connectivity index (χ3v) is 3.99. The number of rotatable bonds is 16. The molecular formula is C20H43NaO7S. The van der Waals surface area contributed by atoms with E-state index in [1.807, 2.05) is 0 Å². The number of aliphatic carboxylic acids is 1. The smallest absolute Gasteiger partial charge is 0.855 e. The van der Waals surface area contributed by atoms with Crippen molar-refractivity contribution in [2.24, 2.45) is 0 Å². The first-order valence-corrected chi connectivity index (χ1v) is 12.1. The van der Waals surface area contributed by atoms with E-state index in [0.717, 1.165) is 12.8 Å². The molecule has 9 heteroatoms. The minimum Gasteiger partial charge on any atom is -0.855 e. The molecule has 0 spiro atoms. The van der Waals surface area contributed by atoms with Gasteiger partial charge in [0, 0.05) is 6.42 Å². The fourth-order valence-electron chi connectivity index (χ4n) is 2.65. The molecule has 0 fully saturated rings. The minimum absolute atomic E-state index is 0. The van der Waals surface area contributed by atoms with Gasteiger partial charge in [-0.25, -0.2) is 0 Å². The number of unbranched alkanes of at least 4 members (excludes halogenated alkanes) is 14. The van der Waals surface area contributed by atoms with Gasteiger partial charge in [0.15, 0.2) is 0 Å². The molecule has 0 saturated carbocycles. The summed E-state index contributed by atoms with van der Waals surface area (Å²) in [5, 5.41) is 17.4. The number of carboxylic acids is 1. The van der Waals surface area contributed by atoms with Gasteiger partial charge in [-0.05, 0) is 6.42 Å². The van der Waals surface area contributed by atoms with E-state index >= 15 is 0 Å². The normalized spacial score (nSPS) is 10.1. The summed E-state index contributed by atoms with van der Waals surface area (Å²) in [5.74, 6) is -0.653. The first-order chi connectivity index (χ1) is 13.2. The van der Waals surface area contributed by atoms with Crippen LogP contribution in [0, 0.1) is 0 Å². The molecule has 0 atom stereocenters. The van der Waals surface area contributed by atoms with Crippen LogP contribution in [0.2, 0.25) is 0 Å². The Morgan fingerprint density at radius 1 is 0.690 bits per heavy atom. The molecule has 0 radical (unpaired) electrons. The number of hydrogen-bond acceptors (Lipinski definition) is 4. The van der Waals surface area contributed by atoms with Crippen LogP contribution in [-0.4, -0.2) is 35.2 Å². The standard InChI is InChI=1S/C18H36O2.C2H5O.Na.H2O4S/c1-2-3-4-5-6-7-8-9-10-11-12-13-14-15-16-17-18(19)20;1-2-3;;1-5(2,3)4/h2-17H2,1H3,(H,19,20);2H2,1H3;;(H2,1,2,3,4)/q;-1;+1;. The van der Waals surface area contributed by atoms with E-state index in [9.17, 15) is 4.79 Å². The molecule has 0 saturated heterocycles. The van der Waals surface area contributed by atoms with E-state index in [0.29, 0.717) is 6.42 Å².